The molecule has 2 aromatic heterocycles. The smallest absolute Gasteiger partial charge is 0.133 e. The predicted octanol–water partition coefficient (Wildman–Crippen LogP) is 1.75. The number of aromatic nitrogens is 5. The zero-order chi connectivity index (χ0) is 13.0. The fourth-order valence-corrected chi connectivity index (χ4v) is 2.01. The van der Waals surface area contributed by atoms with Crippen LogP contribution in [-0.4, -0.2) is 32.0 Å². The van der Waals surface area contributed by atoms with Crippen molar-refractivity contribution in [1.82, 2.24) is 25.0 Å². The molecule has 6 nitrogen and oxygen atoms in total. The molecule has 2 rings (SSSR count). The van der Waals surface area contributed by atoms with E-state index in [9.17, 15) is 0 Å². The second kappa shape index (κ2) is 5.57. The summed E-state index contributed by atoms with van der Waals surface area (Å²) in [4.78, 5) is 8.67. The third-order valence-electron chi connectivity index (χ3n) is 2.84. The van der Waals surface area contributed by atoms with E-state index in [1.807, 2.05) is 18.7 Å². The van der Waals surface area contributed by atoms with Gasteiger partial charge in [0.2, 0.25) is 0 Å². The summed E-state index contributed by atoms with van der Waals surface area (Å²) in [5, 5.41) is 11.1. The summed E-state index contributed by atoms with van der Waals surface area (Å²) in [6, 6.07) is 0. The summed E-state index contributed by atoms with van der Waals surface area (Å²) in [5.41, 5.74) is 2.99. The molecule has 0 aromatic carbocycles. The van der Waals surface area contributed by atoms with Crippen molar-refractivity contribution in [3.8, 4) is 11.4 Å². The largest absolute Gasteiger partial charge is 0.373 e. The number of nitrogens with zero attached hydrogens (tertiary/aromatic N) is 5. The Kier molecular flexibility index (Phi) is 3.86. The molecule has 0 amide bonds. The molecule has 2 heterocycles. The standard InChI is InChI=1S/C12H18N6/c1-4-6-9-11(14-8-15-12(9)13-3)10-7-16-17-18(10)5-2/h7-8H,4-6H2,1-3H3,(H,13,14,15). The molecule has 0 aliphatic carbocycles. The quantitative estimate of drug-likeness (QED) is 0.870. The van der Waals surface area contributed by atoms with Gasteiger partial charge in [-0.1, -0.05) is 18.6 Å². The van der Waals surface area contributed by atoms with Crippen molar-refractivity contribution in [2.45, 2.75) is 33.2 Å². The minimum Gasteiger partial charge on any atom is -0.373 e. The first-order valence-electron chi connectivity index (χ1n) is 6.22. The lowest BCUT2D eigenvalue weighted by Crippen LogP contribution is -2.06. The first-order chi connectivity index (χ1) is 8.81. The van der Waals surface area contributed by atoms with Crippen LogP contribution in [0.25, 0.3) is 11.4 Å². The van der Waals surface area contributed by atoms with Crippen LogP contribution in [0, 0.1) is 0 Å². The zero-order valence-electron chi connectivity index (χ0n) is 11.0. The molecule has 2 aromatic rings. The van der Waals surface area contributed by atoms with E-state index in [2.05, 4.69) is 32.5 Å². The normalized spacial score (nSPS) is 10.6. The molecule has 0 unspecified atom stereocenters. The average molecular weight is 246 g/mol. The van der Waals surface area contributed by atoms with Gasteiger partial charge in [0.1, 0.15) is 17.8 Å². The Morgan fingerprint density at radius 3 is 2.78 bits per heavy atom. The zero-order valence-corrected chi connectivity index (χ0v) is 11.0. The van der Waals surface area contributed by atoms with Crippen molar-refractivity contribution in [3.05, 3.63) is 18.1 Å². The summed E-state index contributed by atoms with van der Waals surface area (Å²) in [6.45, 7) is 4.96. The Hall–Kier alpha value is -1.98. The van der Waals surface area contributed by atoms with Crippen LogP contribution in [0.4, 0.5) is 5.82 Å². The van der Waals surface area contributed by atoms with Crippen LogP contribution in [0.15, 0.2) is 12.5 Å². The van der Waals surface area contributed by atoms with Gasteiger partial charge in [-0.15, -0.1) is 5.10 Å². The highest BCUT2D eigenvalue weighted by molar-refractivity contribution is 5.64. The molecule has 1 N–H and O–H groups in total. The van der Waals surface area contributed by atoms with Crippen LogP contribution in [0.5, 0.6) is 0 Å². The van der Waals surface area contributed by atoms with Gasteiger partial charge in [0, 0.05) is 19.2 Å². The maximum Gasteiger partial charge on any atom is 0.133 e. The van der Waals surface area contributed by atoms with E-state index < -0.39 is 0 Å². The van der Waals surface area contributed by atoms with Gasteiger partial charge < -0.3 is 5.32 Å². The van der Waals surface area contributed by atoms with E-state index in [0.717, 1.165) is 42.2 Å². The van der Waals surface area contributed by atoms with Crippen LogP contribution in [0.2, 0.25) is 0 Å². The summed E-state index contributed by atoms with van der Waals surface area (Å²) in [7, 11) is 1.88. The second-order valence-electron chi connectivity index (χ2n) is 3.98. The highest BCUT2D eigenvalue weighted by Crippen LogP contribution is 2.25. The maximum absolute atomic E-state index is 4.41. The van der Waals surface area contributed by atoms with E-state index in [-0.39, 0.29) is 0 Å². The molecular formula is C12H18N6. The van der Waals surface area contributed by atoms with E-state index in [0.29, 0.717) is 0 Å². The van der Waals surface area contributed by atoms with Crippen molar-refractivity contribution >= 4 is 5.82 Å². The second-order valence-corrected chi connectivity index (χ2v) is 3.98. The number of nitrogens with one attached hydrogen (secondary N) is 1. The lowest BCUT2D eigenvalue weighted by atomic mass is 10.1. The van der Waals surface area contributed by atoms with Gasteiger partial charge >= 0.3 is 0 Å². The van der Waals surface area contributed by atoms with Gasteiger partial charge in [-0.3, -0.25) is 0 Å². The predicted molar refractivity (Wildman–Crippen MR) is 70.3 cm³/mol. The molecule has 0 atom stereocenters. The van der Waals surface area contributed by atoms with Crippen molar-refractivity contribution in [2.75, 3.05) is 12.4 Å². The molecule has 18 heavy (non-hydrogen) atoms. The van der Waals surface area contributed by atoms with E-state index in [1.165, 1.54) is 0 Å². The molecule has 0 aliphatic rings. The maximum atomic E-state index is 4.41. The lowest BCUT2D eigenvalue weighted by Gasteiger charge is -2.12. The monoisotopic (exact) mass is 246 g/mol. The fourth-order valence-electron chi connectivity index (χ4n) is 2.01. The highest BCUT2D eigenvalue weighted by atomic mass is 15.4. The molecule has 0 saturated heterocycles. The van der Waals surface area contributed by atoms with Gasteiger partial charge in [-0.05, 0) is 13.3 Å². The molecular weight excluding hydrogens is 228 g/mol. The molecule has 0 spiro atoms. The Bertz CT molecular complexity index is 519. The number of hydrogen-bond acceptors (Lipinski definition) is 5. The number of rotatable bonds is 5. The number of hydrogen-bond donors (Lipinski definition) is 1. The van der Waals surface area contributed by atoms with Gasteiger partial charge in [0.05, 0.1) is 11.9 Å². The Balaban J connectivity index is 2.56. The molecule has 0 bridgehead atoms. The topological polar surface area (TPSA) is 68.5 Å². The van der Waals surface area contributed by atoms with Gasteiger partial charge in [0.25, 0.3) is 0 Å². The van der Waals surface area contributed by atoms with Gasteiger partial charge in [-0.25, -0.2) is 14.6 Å². The van der Waals surface area contributed by atoms with Crippen LogP contribution in [0.1, 0.15) is 25.8 Å². The minimum absolute atomic E-state index is 0.778. The lowest BCUT2D eigenvalue weighted by molar-refractivity contribution is 0.631. The van der Waals surface area contributed by atoms with Crippen LogP contribution in [0.3, 0.4) is 0 Å². The molecule has 0 fully saturated rings. The Labute approximate surface area is 106 Å². The van der Waals surface area contributed by atoms with Gasteiger partial charge in [0.15, 0.2) is 0 Å². The summed E-state index contributed by atoms with van der Waals surface area (Å²) < 4.78 is 1.85. The third-order valence-corrected chi connectivity index (χ3v) is 2.84. The number of anilines is 1. The SMILES string of the molecule is CCCc1c(NC)ncnc1-c1cnnn1CC. The van der Waals surface area contributed by atoms with Crippen molar-refractivity contribution < 1.29 is 0 Å². The van der Waals surface area contributed by atoms with E-state index in [1.54, 1.807) is 12.5 Å². The van der Waals surface area contributed by atoms with Crippen molar-refractivity contribution in [1.29, 1.82) is 0 Å². The summed E-state index contributed by atoms with van der Waals surface area (Å²) in [5.74, 6) is 0.880. The molecule has 0 aliphatic heterocycles. The third kappa shape index (κ3) is 2.18. The van der Waals surface area contributed by atoms with Crippen molar-refractivity contribution in [3.63, 3.8) is 0 Å². The molecule has 0 saturated carbocycles. The first-order valence-corrected chi connectivity index (χ1v) is 6.22. The Morgan fingerprint density at radius 2 is 2.11 bits per heavy atom. The van der Waals surface area contributed by atoms with Crippen LogP contribution >= 0.6 is 0 Å². The summed E-state index contributed by atoms with van der Waals surface area (Å²) in [6.07, 6.45) is 5.31. The fraction of sp³-hybridized carbons (Fsp3) is 0.500. The molecule has 6 heteroatoms. The van der Waals surface area contributed by atoms with Crippen molar-refractivity contribution in [2.24, 2.45) is 0 Å². The van der Waals surface area contributed by atoms with Crippen LogP contribution in [-0.2, 0) is 13.0 Å². The highest BCUT2D eigenvalue weighted by Gasteiger charge is 2.15. The van der Waals surface area contributed by atoms with Gasteiger partial charge in [-0.2, -0.15) is 0 Å². The summed E-state index contributed by atoms with van der Waals surface area (Å²) >= 11 is 0. The van der Waals surface area contributed by atoms with E-state index >= 15 is 0 Å². The first kappa shape index (κ1) is 12.5. The minimum atomic E-state index is 0.778. The number of aryl methyl sites for hydroxylation is 1. The average Bonchev–Trinajstić information content (AvgIpc) is 2.87. The van der Waals surface area contributed by atoms with E-state index in [4.69, 9.17) is 0 Å². The van der Waals surface area contributed by atoms with Crippen LogP contribution < -0.4 is 5.32 Å². The molecule has 0 radical (unpaired) electrons. The Morgan fingerprint density at radius 1 is 1.28 bits per heavy atom. The molecule has 96 valence electrons.